The number of imide groups is 1. The average molecular weight is 396 g/mol. The minimum atomic E-state index is -0.517. The molecule has 0 aromatic heterocycles. The van der Waals surface area contributed by atoms with E-state index in [-0.39, 0.29) is 18.5 Å². The third-order valence-corrected chi connectivity index (χ3v) is 5.70. The minimum Gasteiger partial charge on any atom is -0.313 e. The van der Waals surface area contributed by atoms with Crippen molar-refractivity contribution in [2.75, 3.05) is 34.2 Å². The van der Waals surface area contributed by atoms with Crippen LogP contribution in [-0.2, 0) is 11.3 Å². The predicted octanol–water partition coefficient (Wildman–Crippen LogP) is 1.49. The quantitative estimate of drug-likeness (QED) is 0.755. The van der Waals surface area contributed by atoms with Crippen LogP contribution in [0.1, 0.15) is 18.1 Å². The zero-order chi connectivity index (χ0) is 20.9. The Kier molecular flexibility index (Phi) is 4.82. The Labute approximate surface area is 171 Å². The summed E-state index contributed by atoms with van der Waals surface area (Å²) >= 11 is 0. The summed E-state index contributed by atoms with van der Waals surface area (Å²) < 4.78 is 0. The van der Waals surface area contributed by atoms with E-state index in [0.29, 0.717) is 0 Å². The van der Waals surface area contributed by atoms with Gasteiger partial charge in [0.15, 0.2) is 12.2 Å². The van der Waals surface area contributed by atoms with E-state index in [1.165, 1.54) is 4.90 Å². The van der Waals surface area contributed by atoms with Crippen LogP contribution < -0.4 is 0 Å². The number of guanidine groups is 1. The molecule has 3 heterocycles. The molecule has 3 aliphatic rings. The molecule has 0 bridgehead atoms. The SMILES string of the molecule is CC1=CN2C(=NC3C2C(=O)N(Cc2cccc(C)c2)C(=O)N3C)N1CCN(C)C. The summed E-state index contributed by atoms with van der Waals surface area (Å²) in [6, 6.07) is 7.08. The molecule has 2 unspecified atom stereocenters. The molecule has 0 spiro atoms. The summed E-state index contributed by atoms with van der Waals surface area (Å²) in [6.07, 6.45) is 1.48. The number of likely N-dealkylation sites (N-methyl/N-ethyl adjacent to an activating group) is 2. The van der Waals surface area contributed by atoms with Crippen molar-refractivity contribution < 1.29 is 9.59 Å². The second-order valence-electron chi connectivity index (χ2n) is 8.23. The van der Waals surface area contributed by atoms with Gasteiger partial charge in [-0.15, -0.1) is 0 Å². The highest BCUT2D eigenvalue weighted by Gasteiger charge is 2.54. The smallest absolute Gasteiger partial charge is 0.313 e. The molecule has 0 radical (unpaired) electrons. The van der Waals surface area contributed by atoms with Gasteiger partial charge in [-0.2, -0.15) is 0 Å². The van der Waals surface area contributed by atoms with Gasteiger partial charge >= 0.3 is 6.03 Å². The lowest BCUT2D eigenvalue weighted by molar-refractivity contribution is -0.137. The standard InChI is InChI=1S/C21H28N6O2/c1-14-7-6-8-16(11-14)13-27-19(28)17-18(24(5)21(27)29)22-20-25(10-9-23(3)4)15(2)12-26(17)20/h6-8,11-12,17-18H,9-10,13H2,1-5H3. The van der Waals surface area contributed by atoms with E-state index >= 15 is 0 Å². The molecule has 29 heavy (non-hydrogen) atoms. The van der Waals surface area contributed by atoms with E-state index in [1.54, 1.807) is 11.9 Å². The van der Waals surface area contributed by atoms with Gasteiger partial charge in [0.05, 0.1) is 6.54 Å². The van der Waals surface area contributed by atoms with Crippen molar-refractivity contribution in [3.8, 4) is 0 Å². The molecule has 0 saturated carbocycles. The first kappa shape index (κ1) is 19.4. The summed E-state index contributed by atoms with van der Waals surface area (Å²) in [5.74, 6) is 0.557. The van der Waals surface area contributed by atoms with Crippen molar-refractivity contribution in [2.45, 2.75) is 32.6 Å². The van der Waals surface area contributed by atoms with Gasteiger partial charge in [-0.25, -0.2) is 9.79 Å². The van der Waals surface area contributed by atoms with Gasteiger partial charge in [0.2, 0.25) is 5.96 Å². The number of nitrogens with zero attached hydrogens (tertiary/aromatic N) is 6. The maximum atomic E-state index is 13.4. The molecule has 8 nitrogen and oxygen atoms in total. The highest BCUT2D eigenvalue weighted by Crippen LogP contribution is 2.34. The molecule has 2 atom stereocenters. The van der Waals surface area contributed by atoms with Crippen molar-refractivity contribution in [3.05, 3.63) is 47.3 Å². The van der Waals surface area contributed by atoms with E-state index in [2.05, 4.69) is 9.80 Å². The zero-order valence-electron chi connectivity index (χ0n) is 17.7. The Morgan fingerprint density at radius 2 is 1.90 bits per heavy atom. The molecule has 3 amide bonds. The lowest BCUT2D eigenvalue weighted by Crippen LogP contribution is -2.63. The second kappa shape index (κ2) is 7.18. The van der Waals surface area contributed by atoms with Crippen LogP contribution in [0.5, 0.6) is 0 Å². The van der Waals surface area contributed by atoms with Crippen LogP contribution >= 0.6 is 0 Å². The molecule has 1 aromatic carbocycles. The Balaban J connectivity index is 1.60. The van der Waals surface area contributed by atoms with E-state index in [0.717, 1.165) is 35.9 Å². The van der Waals surface area contributed by atoms with Gasteiger partial charge in [-0.3, -0.25) is 9.69 Å². The zero-order valence-corrected chi connectivity index (χ0v) is 17.7. The number of aryl methyl sites for hydroxylation is 1. The Hall–Kier alpha value is -2.87. The first-order chi connectivity index (χ1) is 13.8. The molecule has 1 fully saturated rings. The number of allylic oxidation sites excluding steroid dienone is 1. The van der Waals surface area contributed by atoms with Crippen LogP contribution in [-0.4, -0.2) is 88.8 Å². The summed E-state index contributed by atoms with van der Waals surface area (Å²) in [5.41, 5.74) is 3.10. The van der Waals surface area contributed by atoms with Crippen molar-refractivity contribution in [1.82, 2.24) is 24.5 Å². The van der Waals surface area contributed by atoms with Crippen LogP contribution in [0.3, 0.4) is 0 Å². The largest absolute Gasteiger partial charge is 0.328 e. The molecular formula is C21H28N6O2. The molecule has 3 aliphatic heterocycles. The highest BCUT2D eigenvalue weighted by atomic mass is 16.2. The van der Waals surface area contributed by atoms with Gasteiger partial charge in [-0.1, -0.05) is 29.8 Å². The third-order valence-electron chi connectivity index (χ3n) is 5.70. The Morgan fingerprint density at radius 1 is 1.14 bits per heavy atom. The number of aliphatic imine (C=N–C) groups is 1. The summed E-state index contributed by atoms with van der Waals surface area (Å²) in [4.78, 5) is 40.2. The van der Waals surface area contributed by atoms with Gasteiger partial charge in [0.1, 0.15) is 0 Å². The Bertz CT molecular complexity index is 908. The number of carbonyl (C=O) groups excluding carboxylic acids is 2. The lowest BCUT2D eigenvalue weighted by atomic mass is 10.1. The summed E-state index contributed by atoms with van der Waals surface area (Å²) in [7, 11) is 5.78. The average Bonchev–Trinajstić information content (AvgIpc) is 3.16. The van der Waals surface area contributed by atoms with Crippen molar-refractivity contribution in [2.24, 2.45) is 4.99 Å². The van der Waals surface area contributed by atoms with Gasteiger partial charge < -0.3 is 19.6 Å². The maximum Gasteiger partial charge on any atom is 0.328 e. The number of benzene rings is 1. The second-order valence-corrected chi connectivity index (χ2v) is 8.23. The van der Waals surface area contributed by atoms with Gasteiger partial charge in [0.25, 0.3) is 5.91 Å². The van der Waals surface area contributed by atoms with Crippen molar-refractivity contribution >= 4 is 17.9 Å². The topological polar surface area (TPSA) is 62.7 Å². The minimum absolute atomic E-state index is 0.197. The van der Waals surface area contributed by atoms with Crippen molar-refractivity contribution in [1.29, 1.82) is 0 Å². The van der Waals surface area contributed by atoms with E-state index in [1.807, 2.05) is 63.3 Å². The molecule has 1 saturated heterocycles. The fourth-order valence-electron chi connectivity index (χ4n) is 4.12. The van der Waals surface area contributed by atoms with E-state index < -0.39 is 12.2 Å². The van der Waals surface area contributed by atoms with E-state index in [9.17, 15) is 9.59 Å². The van der Waals surface area contributed by atoms with Gasteiger partial charge in [0, 0.05) is 32.0 Å². The number of fused-ring (bicyclic) bond motifs is 3. The molecular weight excluding hydrogens is 368 g/mol. The van der Waals surface area contributed by atoms with Crippen LogP contribution in [0.15, 0.2) is 41.2 Å². The predicted molar refractivity (Wildman–Crippen MR) is 111 cm³/mol. The molecule has 0 aliphatic carbocycles. The molecule has 154 valence electrons. The first-order valence-electron chi connectivity index (χ1n) is 9.88. The lowest BCUT2D eigenvalue weighted by Gasteiger charge is -2.40. The molecule has 4 rings (SSSR count). The first-order valence-corrected chi connectivity index (χ1v) is 9.88. The van der Waals surface area contributed by atoms with Gasteiger partial charge in [-0.05, 0) is 33.5 Å². The highest BCUT2D eigenvalue weighted by molar-refractivity contribution is 6.04. The fraction of sp³-hybridized carbons (Fsp3) is 0.476. The number of hydrogen-bond donors (Lipinski definition) is 0. The maximum absolute atomic E-state index is 13.4. The number of hydrogen-bond acceptors (Lipinski definition) is 6. The molecule has 0 N–H and O–H groups in total. The third kappa shape index (κ3) is 3.27. The monoisotopic (exact) mass is 396 g/mol. The molecule has 8 heteroatoms. The normalized spacial score (nSPS) is 23.7. The van der Waals surface area contributed by atoms with Crippen molar-refractivity contribution in [3.63, 3.8) is 0 Å². The number of amides is 3. The van der Waals surface area contributed by atoms with Crippen LogP contribution in [0, 0.1) is 6.92 Å². The molecule has 1 aromatic rings. The summed E-state index contributed by atoms with van der Waals surface area (Å²) in [5, 5.41) is 0. The van der Waals surface area contributed by atoms with Crippen LogP contribution in [0.2, 0.25) is 0 Å². The number of carbonyl (C=O) groups is 2. The Morgan fingerprint density at radius 3 is 2.59 bits per heavy atom. The van der Waals surface area contributed by atoms with Crippen LogP contribution in [0.4, 0.5) is 4.79 Å². The van der Waals surface area contributed by atoms with E-state index in [4.69, 9.17) is 4.99 Å². The number of urea groups is 1. The van der Waals surface area contributed by atoms with Crippen LogP contribution in [0.25, 0.3) is 0 Å². The number of rotatable bonds is 5. The fourth-order valence-corrected chi connectivity index (χ4v) is 4.12. The summed E-state index contributed by atoms with van der Waals surface area (Å²) in [6.45, 7) is 5.95.